The summed E-state index contributed by atoms with van der Waals surface area (Å²) in [6.45, 7) is 0.428. The molecule has 0 atom stereocenters. The fourth-order valence-corrected chi connectivity index (χ4v) is 2.76. The van der Waals surface area contributed by atoms with Crippen LogP contribution < -0.4 is 10.6 Å². The number of urea groups is 1. The normalized spacial score (nSPS) is 10.5. The number of anilines is 1. The largest absolute Gasteiger partial charge is 0.467 e. The number of imide groups is 1. The lowest BCUT2D eigenvalue weighted by atomic mass is 10.3. The Kier molecular flexibility index (Phi) is 5.64. The van der Waals surface area contributed by atoms with Gasteiger partial charge in [-0.1, -0.05) is 23.9 Å². The standard InChI is InChI=1S/C16H14FN5O3S/c17-12-5-1-2-6-13(12)19-15(24)20-14(23)9-26-16-21-18-10-22(16)8-11-4-3-7-25-11/h1-7,10H,8-9H2,(H2,19,20,23,24). The van der Waals surface area contributed by atoms with E-state index in [-0.39, 0.29) is 11.4 Å². The number of nitrogens with zero attached hydrogens (tertiary/aromatic N) is 3. The van der Waals surface area contributed by atoms with Crippen LogP contribution in [-0.2, 0) is 11.3 Å². The predicted octanol–water partition coefficient (Wildman–Crippen LogP) is 2.50. The van der Waals surface area contributed by atoms with Crippen molar-refractivity contribution >= 4 is 29.4 Å². The molecule has 0 saturated heterocycles. The number of hydrogen-bond donors (Lipinski definition) is 2. The van der Waals surface area contributed by atoms with Crippen LogP contribution >= 0.6 is 11.8 Å². The van der Waals surface area contributed by atoms with E-state index in [9.17, 15) is 14.0 Å². The number of carbonyl (C=O) groups excluding carboxylic acids is 2. The monoisotopic (exact) mass is 375 g/mol. The van der Waals surface area contributed by atoms with Gasteiger partial charge in [-0.15, -0.1) is 10.2 Å². The zero-order chi connectivity index (χ0) is 18.4. The molecule has 3 amide bonds. The molecule has 0 radical (unpaired) electrons. The molecular formula is C16H14FN5O3S. The van der Waals surface area contributed by atoms with E-state index in [1.807, 2.05) is 6.07 Å². The van der Waals surface area contributed by atoms with Gasteiger partial charge < -0.3 is 14.3 Å². The summed E-state index contributed by atoms with van der Waals surface area (Å²) >= 11 is 1.12. The van der Waals surface area contributed by atoms with Crippen molar-refractivity contribution < 1.29 is 18.4 Å². The van der Waals surface area contributed by atoms with E-state index in [0.29, 0.717) is 11.7 Å². The molecule has 0 bridgehead atoms. The molecule has 10 heteroatoms. The van der Waals surface area contributed by atoms with Gasteiger partial charge in [0.2, 0.25) is 5.91 Å². The lowest BCUT2D eigenvalue weighted by Crippen LogP contribution is -2.35. The van der Waals surface area contributed by atoms with Gasteiger partial charge in [-0.05, 0) is 24.3 Å². The minimum Gasteiger partial charge on any atom is -0.467 e. The van der Waals surface area contributed by atoms with E-state index in [2.05, 4.69) is 20.8 Å². The molecular weight excluding hydrogens is 361 g/mol. The number of nitrogens with one attached hydrogen (secondary N) is 2. The van der Waals surface area contributed by atoms with E-state index >= 15 is 0 Å². The quantitative estimate of drug-likeness (QED) is 0.642. The van der Waals surface area contributed by atoms with Crippen LogP contribution in [0.5, 0.6) is 0 Å². The number of amides is 3. The second-order valence-corrected chi connectivity index (χ2v) is 6.03. The van der Waals surface area contributed by atoms with Gasteiger partial charge in [0, 0.05) is 0 Å². The average molecular weight is 375 g/mol. The van der Waals surface area contributed by atoms with Gasteiger partial charge in [0.25, 0.3) is 0 Å². The van der Waals surface area contributed by atoms with Crippen LogP contribution in [0.2, 0.25) is 0 Å². The summed E-state index contributed by atoms with van der Waals surface area (Å²) in [5, 5.41) is 12.6. The lowest BCUT2D eigenvalue weighted by Gasteiger charge is -2.07. The number of para-hydroxylation sites is 1. The second-order valence-electron chi connectivity index (χ2n) is 5.09. The van der Waals surface area contributed by atoms with Crippen molar-refractivity contribution in [3.8, 4) is 0 Å². The van der Waals surface area contributed by atoms with Gasteiger partial charge in [0.1, 0.15) is 17.9 Å². The van der Waals surface area contributed by atoms with E-state index in [1.54, 1.807) is 23.0 Å². The molecule has 8 nitrogen and oxygen atoms in total. The first-order valence-corrected chi connectivity index (χ1v) is 8.49. The highest BCUT2D eigenvalue weighted by atomic mass is 32.2. The van der Waals surface area contributed by atoms with Crippen molar-refractivity contribution in [2.24, 2.45) is 0 Å². The van der Waals surface area contributed by atoms with E-state index in [1.165, 1.54) is 24.5 Å². The van der Waals surface area contributed by atoms with Gasteiger partial charge >= 0.3 is 6.03 Å². The smallest absolute Gasteiger partial charge is 0.325 e. The minimum absolute atomic E-state index is 0.0105. The molecule has 0 aliphatic heterocycles. The molecule has 2 aromatic heterocycles. The summed E-state index contributed by atoms with van der Waals surface area (Å²) in [6, 6.07) is 8.45. The van der Waals surface area contributed by atoms with Gasteiger partial charge in [-0.2, -0.15) is 0 Å². The Hall–Kier alpha value is -3.14. The summed E-state index contributed by atoms with van der Waals surface area (Å²) in [4.78, 5) is 23.6. The summed E-state index contributed by atoms with van der Waals surface area (Å²) in [7, 11) is 0. The van der Waals surface area contributed by atoms with Crippen LogP contribution in [0.25, 0.3) is 0 Å². The molecule has 0 aliphatic carbocycles. The number of aromatic nitrogens is 3. The maximum atomic E-state index is 13.5. The molecule has 26 heavy (non-hydrogen) atoms. The number of carbonyl (C=O) groups is 2. The summed E-state index contributed by atoms with van der Waals surface area (Å²) < 4.78 is 20.4. The number of hydrogen-bond acceptors (Lipinski definition) is 6. The Balaban J connectivity index is 1.49. The number of thioether (sulfide) groups is 1. The maximum absolute atomic E-state index is 13.5. The molecule has 0 saturated carbocycles. The lowest BCUT2D eigenvalue weighted by molar-refractivity contribution is -0.117. The van der Waals surface area contributed by atoms with Crippen molar-refractivity contribution in [3.63, 3.8) is 0 Å². The molecule has 3 aromatic rings. The first-order chi connectivity index (χ1) is 12.6. The van der Waals surface area contributed by atoms with Gasteiger partial charge in [-0.3, -0.25) is 10.1 Å². The van der Waals surface area contributed by atoms with Crippen molar-refractivity contribution in [2.75, 3.05) is 11.1 Å². The van der Waals surface area contributed by atoms with Crippen LogP contribution in [0.3, 0.4) is 0 Å². The third-order valence-electron chi connectivity index (χ3n) is 3.19. The molecule has 3 rings (SSSR count). The summed E-state index contributed by atoms with van der Waals surface area (Å²) in [6.07, 6.45) is 3.09. The van der Waals surface area contributed by atoms with Crippen molar-refractivity contribution in [1.82, 2.24) is 20.1 Å². The fraction of sp³-hybridized carbons (Fsp3) is 0.125. The van der Waals surface area contributed by atoms with Crippen molar-refractivity contribution in [3.05, 3.63) is 60.6 Å². The highest BCUT2D eigenvalue weighted by Gasteiger charge is 2.13. The molecule has 2 heterocycles. The van der Waals surface area contributed by atoms with E-state index in [0.717, 1.165) is 17.5 Å². The number of halogens is 1. The molecule has 0 spiro atoms. The van der Waals surface area contributed by atoms with Crippen LogP contribution in [0.4, 0.5) is 14.9 Å². The highest BCUT2D eigenvalue weighted by molar-refractivity contribution is 7.99. The number of benzene rings is 1. The minimum atomic E-state index is -0.808. The summed E-state index contributed by atoms with van der Waals surface area (Å²) in [5.41, 5.74) is -0.0105. The Morgan fingerprint density at radius 1 is 1.23 bits per heavy atom. The average Bonchev–Trinajstić information content (AvgIpc) is 3.27. The second kappa shape index (κ2) is 8.30. The van der Waals surface area contributed by atoms with Gasteiger partial charge in [0.05, 0.1) is 24.2 Å². The van der Waals surface area contributed by atoms with Crippen LogP contribution in [-0.4, -0.2) is 32.5 Å². The first kappa shape index (κ1) is 17.7. The predicted molar refractivity (Wildman–Crippen MR) is 92.1 cm³/mol. The third-order valence-corrected chi connectivity index (χ3v) is 4.17. The SMILES string of the molecule is O=C(CSc1nncn1Cc1ccco1)NC(=O)Nc1ccccc1F. The van der Waals surface area contributed by atoms with Gasteiger partial charge in [-0.25, -0.2) is 9.18 Å². The zero-order valence-corrected chi connectivity index (χ0v) is 14.2. The first-order valence-electron chi connectivity index (χ1n) is 7.50. The highest BCUT2D eigenvalue weighted by Crippen LogP contribution is 2.16. The molecule has 0 fully saturated rings. The molecule has 2 N–H and O–H groups in total. The molecule has 134 valence electrons. The Morgan fingerprint density at radius 3 is 2.85 bits per heavy atom. The zero-order valence-electron chi connectivity index (χ0n) is 13.4. The van der Waals surface area contributed by atoms with Crippen LogP contribution in [0, 0.1) is 5.82 Å². The van der Waals surface area contributed by atoms with Gasteiger partial charge in [0.15, 0.2) is 5.16 Å². The topological polar surface area (TPSA) is 102 Å². The van der Waals surface area contributed by atoms with Crippen molar-refractivity contribution in [2.45, 2.75) is 11.7 Å². The van der Waals surface area contributed by atoms with Crippen LogP contribution in [0.1, 0.15) is 5.76 Å². The third kappa shape index (κ3) is 4.70. The Labute approximate surface area is 151 Å². The Morgan fingerprint density at radius 2 is 2.08 bits per heavy atom. The summed E-state index contributed by atoms with van der Waals surface area (Å²) in [5.74, 6) is -0.464. The van der Waals surface area contributed by atoms with E-state index < -0.39 is 17.8 Å². The number of furan rings is 1. The fourth-order valence-electron chi connectivity index (χ4n) is 2.04. The van der Waals surface area contributed by atoms with Crippen LogP contribution in [0.15, 0.2) is 58.6 Å². The number of rotatable bonds is 6. The maximum Gasteiger partial charge on any atom is 0.325 e. The molecule has 1 aromatic carbocycles. The Bertz CT molecular complexity index is 897. The molecule has 0 aliphatic rings. The van der Waals surface area contributed by atoms with E-state index in [4.69, 9.17) is 4.42 Å². The molecule has 0 unspecified atom stereocenters. The van der Waals surface area contributed by atoms with Crippen molar-refractivity contribution in [1.29, 1.82) is 0 Å².